The van der Waals surface area contributed by atoms with E-state index in [1.165, 1.54) is 11.3 Å². The second kappa shape index (κ2) is 8.80. The van der Waals surface area contributed by atoms with Crippen molar-refractivity contribution in [1.82, 2.24) is 0 Å². The fourth-order valence-corrected chi connectivity index (χ4v) is 4.45. The number of hydrogen-bond donors (Lipinski definition) is 2. The van der Waals surface area contributed by atoms with Crippen LogP contribution in [0.1, 0.15) is 25.8 Å². The number of nitrogens with one attached hydrogen (secondary N) is 1. The normalized spacial score (nSPS) is 11.6. The molecule has 29 heavy (non-hydrogen) atoms. The molecule has 5 nitrogen and oxygen atoms in total. The predicted molar refractivity (Wildman–Crippen MR) is 119 cm³/mol. The molecule has 0 bridgehead atoms. The number of carboxylic acid groups (broad SMARTS) is 1. The summed E-state index contributed by atoms with van der Waals surface area (Å²) in [6.07, 6.45) is 0.639. The van der Waals surface area contributed by atoms with E-state index in [1.807, 2.05) is 53.9 Å². The lowest BCUT2D eigenvalue weighted by atomic mass is 10.0. The minimum absolute atomic E-state index is 0.123. The number of hydrogen-bond acceptors (Lipinski definition) is 4. The lowest BCUT2D eigenvalue weighted by Crippen LogP contribution is -2.22. The zero-order valence-electron chi connectivity index (χ0n) is 16.3. The number of aliphatic carboxylic acids is 1. The summed E-state index contributed by atoms with van der Waals surface area (Å²) in [5.41, 5.74) is 4.62. The first-order valence-corrected chi connectivity index (χ1v) is 11.7. The summed E-state index contributed by atoms with van der Waals surface area (Å²) in [6.45, 7) is 3.30. The third-order valence-corrected chi connectivity index (χ3v) is 7.31. The zero-order valence-corrected chi connectivity index (χ0v) is 17.9. The van der Waals surface area contributed by atoms with Crippen molar-refractivity contribution >= 4 is 33.0 Å². The standard InChI is InChI=1S/C22H23NO4S2/c1-15(2)29(26,27)23-20-13-14-28-22(20)19-10-8-18(9-11-19)17-6-3-16(4-7-17)5-12-21(24)25/h3-4,6-11,13-15,23H,5,12H2,1-2H3,(H,24,25). The lowest BCUT2D eigenvalue weighted by molar-refractivity contribution is -0.136. The van der Waals surface area contributed by atoms with Gasteiger partial charge in [0.2, 0.25) is 10.0 Å². The molecule has 0 aliphatic carbocycles. The number of benzene rings is 2. The molecule has 0 atom stereocenters. The average molecular weight is 430 g/mol. The second-order valence-electron chi connectivity index (χ2n) is 7.03. The van der Waals surface area contributed by atoms with Crippen LogP contribution in [0.5, 0.6) is 0 Å². The van der Waals surface area contributed by atoms with Crippen molar-refractivity contribution < 1.29 is 18.3 Å². The van der Waals surface area contributed by atoms with Gasteiger partial charge in [0.1, 0.15) is 0 Å². The Hall–Kier alpha value is -2.64. The van der Waals surface area contributed by atoms with Crippen LogP contribution in [0, 0.1) is 0 Å². The molecule has 0 radical (unpaired) electrons. The molecule has 152 valence electrons. The maximum atomic E-state index is 12.2. The van der Waals surface area contributed by atoms with E-state index in [0.717, 1.165) is 27.1 Å². The molecule has 7 heteroatoms. The van der Waals surface area contributed by atoms with Crippen LogP contribution in [0.15, 0.2) is 60.0 Å². The van der Waals surface area contributed by atoms with Gasteiger partial charge in [-0.3, -0.25) is 9.52 Å². The van der Waals surface area contributed by atoms with Crippen molar-refractivity contribution in [1.29, 1.82) is 0 Å². The molecular weight excluding hydrogens is 406 g/mol. The Morgan fingerprint density at radius 1 is 0.966 bits per heavy atom. The van der Waals surface area contributed by atoms with Gasteiger partial charge in [-0.15, -0.1) is 11.3 Å². The molecule has 3 rings (SSSR count). The summed E-state index contributed by atoms with van der Waals surface area (Å²) >= 11 is 1.49. The summed E-state index contributed by atoms with van der Waals surface area (Å²) in [4.78, 5) is 11.6. The molecule has 1 heterocycles. The van der Waals surface area contributed by atoms with E-state index in [9.17, 15) is 13.2 Å². The SMILES string of the molecule is CC(C)S(=O)(=O)Nc1ccsc1-c1ccc(-c2ccc(CCC(=O)O)cc2)cc1. The zero-order chi connectivity index (χ0) is 21.0. The molecule has 0 amide bonds. The molecule has 0 unspecified atom stereocenters. The number of aryl methyl sites for hydroxylation is 1. The number of rotatable bonds is 8. The highest BCUT2D eigenvalue weighted by atomic mass is 32.2. The Balaban J connectivity index is 1.78. The monoisotopic (exact) mass is 429 g/mol. The number of anilines is 1. The Kier molecular flexibility index (Phi) is 6.39. The summed E-state index contributed by atoms with van der Waals surface area (Å²) in [6, 6.07) is 17.6. The summed E-state index contributed by atoms with van der Waals surface area (Å²) in [5.74, 6) is -0.798. The van der Waals surface area contributed by atoms with Crippen LogP contribution in [0.4, 0.5) is 5.69 Å². The predicted octanol–water partition coefficient (Wildman–Crippen LogP) is 5.25. The minimum atomic E-state index is -3.40. The van der Waals surface area contributed by atoms with Gasteiger partial charge < -0.3 is 5.11 Å². The number of thiophene rings is 1. The molecule has 0 fully saturated rings. The van der Waals surface area contributed by atoms with Crippen molar-refractivity contribution in [2.24, 2.45) is 0 Å². The molecule has 0 saturated carbocycles. The van der Waals surface area contributed by atoms with Gasteiger partial charge in [-0.1, -0.05) is 48.5 Å². The van der Waals surface area contributed by atoms with Gasteiger partial charge >= 0.3 is 5.97 Å². The maximum Gasteiger partial charge on any atom is 0.303 e. The molecule has 0 aliphatic heterocycles. The van der Waals surface area contributed by atoms with Gasteiger partial charge in [-0.25, -0.2) is 8.42 Å². The van der Waals surface area contributed by atoms with Gasteiger partial charge in [0.05, 0.1) is 15.8 Å². The Labute approximate surface area is 175 Å². The Morgan fingerprint density at radius 3 is 2.07 bits per heavy atom. The first kappa shape index (κ1) is 21.1. The maximum absolute atomic E-state index is 12.2. The molecule has 0 saturated heterocycles. The quantitative estimate of drug-likeness (QED) is 0.512. The van der Waals surface area contributed by atoms with E-state index < -0.39 is 21.2 Å². The Bertz CT molecular complexity index is 1080. The van der Waals surface area contributed by atoms with Crippen LogP contribution < -0.4 is 4.72 Å². The van der Waals surface area contributed by atoms with E-state index in [4.69, 9.17) is 5.11 Å². The largest absolute Gasteiger partial charge is 0.481 e. The first-order valence-electron chi connectivity index (χ1n) is 9.27. The molecule has 0 aliphatic rings. The van der Waals surface area contributed by atoms with Crippen LogP contribution in [0.2, 0.25) is 0 Å². The second-order valence-corrected chi connectivity index (χ2v) is 10.2. The topological polar surface area (TPSA) is 83.5 Å². The van der Waals surface area contributed by atoms with Gasteiger partial charge in [0.25, 0.3) is 0 Å². The fraction of sp³-hybridized carbons (Fsp3) is 0.227. The third kappa shape index (κ3) is 5.25. The van der Waals surface area contributed by atoms with Crippen molar-refractivity contribution in [3.8, 4) is 21.6 Å². The molecule has 3 aromatic rings. The van der Waals surface area contributed by atoms with Gasteiger partial charge in [-0.05, 0) is 54.0 Å². The summed E-state index contributed by atoms with van der Waals surface area (Å²) in [5, 5.41) is 10.2. The summed E-state index contributed by atoms with van der Waals surface area (Å²) in [7, 11) is -3.40. The van der Waals surface area contributed by atoms with Gasteiger partial charge in [0, 0.05) is 6.42 Å². The third-order valence-electron chi connectivity index (χ3n) is 4.60. The highest BCUT2D eigenvalue weighted by Gasteiger charge is 2.18. The van der Waals surface area contributed by atoms with Crippen LogP contribution in [0.25, 0.3) is 21.6 Å². The highest BCUT2D eigenvalue weighted by Crippen LogP contribution is 2.35. The Morgan fingerprint density at radius 2 is 1.52 bits per heavy atom. The van der Waals surface area contributed by atoms with Crippen molar-refractivity contribution in [2.75, 3.05) is 4.72 Å². The number of carboxylic acids is 1. The fourth-order valence-electron chi connectivity index (χ4n) is 2.81. The molecule has 2 N–H and O–H groups in total. The van der Waals surface area contributed by atoms with Crippen LogP contribution in [-0.2, 0) is 21.2 Å². The number of carbonyl (C=O) groups is 1. The van der Waals surface area contributed by atoms with Crippen molar-refractivity contribution in [2.45, 2.75) is 31.9 Å². The van der Waals surface area contributed by atoms with E-state index >= 15 is 0 Å². The van der Waals surface area contributed by atoms with Crippen LogP contribution in [-0.4, -0.2) is 24.7 Å². The molecule has 0 spiro atoms. The highest BCUT2D eigenvalue weighted by molar-refractivity contribution is 7.93. The average Bonchev–Trinajstić information content (AvgIpc) is 3.14. The van der Waals surface area contributed by atoms with Gasteiger partial charge in [-0.2, -0.15) is 0 Å². The number of sulfonamides is 1. The van der Waals surface area contributed by atoms with E-state index in [0.29, 0.717) is 12.1 Å². The summed E-state index contributed by atoms with van der Waals surface area (Å²) < 4.78 is 27.1. The molecular formula is C22H23NO4S2. The minimum Gasteiger partial charge on any atom is -0.481 e. The van der Waals surface area contributed by atoms with E-state index in [1.54, 1.807) is 19.9 Å². The van der Waals surface area contributed by atoms with Gasteiger partial charge in [0.15, 0.2) is 0 Å². The first-order chi connectivity index (χ1) is 13.8. The van der Waals surface area contributed by atoms with Crippen molar-refractivity contribution in [3.63, 3.8) is 0 Å². The smallest absolute Gasteiger partial charge is 0.303 e. The van der Waals surface area contributed by atoms with Crippen LogP contribution >= 0.6 is 11.3 Å². The molecule has 1 aromatic heterocycles. The van der Waals surface area contributed by atoms with Crippen LogP contribution in [0.3, 0.4) is 0 Å². The van der Waals surface area contributed by atoms with E-state index in [-0.39, 0.29) is 6.42 Å². The van der Waals surface area contributed by atoms with E-state index in [2.05, 4.69) is 4.72 Å². The molecule has 2 aromatic carbocycles. The van der Waals surface area contributed by atoms with Crippen molar-refractivity contribution in [3.05, 3.63) is 65.5 Å². The lowest BCUT2D eigenvalue weighted by Gasteiger charge is -2.12.